The van der Waals surface area contributed by atoms with Crippen molar-refractivity contribution >= 4 is 39.2 Å². The minimum atomic E-state index is 0.380. The van der Waals surface area contributed by atoms with Crippen LogP contribution in [-0.2, 0) is 0 Å². The molecule has 2 N–H and O–H groups in total. The summed E-state index contributed by atoms with van der Waals surface area (Å²) in [6.07, 6.45) is 0. The van der Waals surface area contributed by atoms with Gasteiger partial charge in [0.2, 0.25) is 0 Å². The van der Waals surface area contributed by atoms with Crippen molar-refractivity contribution < 1.29 is 0 Å². The molecule has 0 fully saturated rings. The SMILES string of the molecule is Clc1ccc(Br)cc1Nc1nn[nH]n1. The smallest absolute Gasteiger partial charge is 0.267 e. The molecule has 0 radical (unpaired) electrons. The molecule has 0 unspecified atom stereocenters. The molecule has 2 rings (SSSR count). The van der Waals surface area contributed by atoms with Crippen LogP contribution in [0.25, 0.3) is 0 Å². The first-order valence-electron chi connectivity index (χ1n) is 3.71. The molecule has 0 aliphatic rings. The van der Waals surface area contributed by atoms with E-state index in [1.807, 2.05) is 12.1 Å². The molecule has 7 heteroatoms. The molecule has 2 aromatic rings. The number of halogens is 2. The summed E-state index contributed by atoms with van der Waals surface area (Å²) in [7, 11) is 0. The number of hydrogen-bond acceptors (Lipinski definition) is 4. The number of H-pyrrole nitrogens is 1. The predicted molar refractivity (Wildman–Crippen MR) is 56.6 cm³/mol. The average Bonchev–Trinajstić information content (AvgIpc) is 2.64. The molecule has 1 aromatic heterocycles. The molecular weight excluding hydrogens is 269 g/mol. The number of aromatic amines is 1. The van der Waals surface area contributed by atoms with Crippen LogP contribution in [-0.4, -0.2) is 20.6 Å². The van der Waals surface area contributed by atoms with Crippen LogP contribution in [0.15, 0.2) is 22.7 Å². The molecule has 0 saturated heterocycles. The topological polar surface area (TPSA) is 66.5 Å². The summed E-state index contributed by atoms with van der Waals surface area (Å²) in [5.41, 5.74) is 0.724. The van der Waals surface area contributed by atoms with Crippen LogP contribution in [0, 0.1) is 0 Å². The van der Waals surface area contributed by atoms with Gasteiger partial charge in [0.05, 0.1) is 10.7 Å². The Morgan fingerprint density at radius 2 is 2.29 bits per heavy atom. The summed E-state index contributed by atoms with van der Waals surface area (Å²) >= 11 is 9.28. The van der Waals surface area contributed by atoms with Crippen LogP contribution in [0.3, 0.4) is 0 Å². The first-order valence-corrected chi connectivity index (χ1v) is 4.88. The van der Waals surface area contributed by atoms with Crippen molar-refractivity contribution in [3.05, 3.63) is 27.7 Å². The summed E-state index contributed by atoms with van der Waals surface area (Å²) in [6, 6.07) is 5.45. The third-order valence-corrected chi connectivity index (χ3v) is 2.34. The van der Waals surface area contributed by atoms with Gasteiger partial charge in [0.15, 0.2) is 0 Å². The van der Waals surface area contributed by atoms with Crippen molar-refractivity contribution in [2.45, 2.75) is 0 Å². The van der Waals surface area contributed by atoms with Gasteiger partial charge in [-0.1, -0.05) is 32.6 Å². The zero-order valence-electron chi connectivity index (χ0n) is 6.83. The minimum Gasteiger partial charge on any atom is -0.320 e. The maximum absolute atomic E-state index is 5.94. The molecule has 5 nitrogen and oxygen atoms in total. The molecule has 14 heavy (non-hydrogen) atoms. The molecule has 0 atom stereocenters. The summed E-state index contributed by atoms with van der Waals surface area (Å²) < 4.78 is 0.924. The number of aromatic nitrogens is 4. The van der Waals surface area contributed by atoms with E-state index in [0.717, 1.165) is 10.2 Å². The highest BCUT2D eigenvalue weighted by Gasteiger charge is 2.03. The normalized spacial score (nSPS) is 10.1. The Labute approximate surface area is 93.0 Å². The van der Waals surface area contributed by atoms with Gasteiger partial charge in [-0.15, -0.1) is 5.10 Å². The average molecular weight is 275 g/mol. The highest BCUT2D eigenvalue weighted by molar-refractivity contribution is 9.10. The highest BCUT2D eigenvalue weighted by Crippen LogP contribution is 2.27. The fourth-order valence-corrected chi connectivity index (χ4v) is 1.45. The number of nitrogens with one attached hydrogen (secondary N) is 2. The number of benzene rings is 1. The lowest BCUT2D eigenvalue weighted by atomic mass is 10.3. The fourth-order valence-electron chi connectivity index (χ4n) is 0.928. The van der Waals surface area contributed by atoms with Crippen molar-refractivity contribution in [2.75, 3.05) is 5.32 Å². The molecule has 0 spiro atoms. The van der Waals surface area contributed by atoms with Crippen LogP contribution < -0.4 is 5.32 Å². The van der Waals surface area contributed by atoms with Crippen molar-refractivity contribution in [3.8, 4) is 0 Å². The van der Waals surface area contributed by atoms with Crippen LogP contribution in [0.4, 0.5) is 11.6 Å². The first-order chi connectivity index (χ1) is 6.75. The van der Waals surface area contributed by atoms with Gasteiger partial charge in [0.25, 0.3) is 5.95 Å². The van der Waals surface area contributed by atoms with E-state index in [2.05, 4.69) is 41.9 Å². The van der Waals surface area contributed by atoms with Crippen molar-refractivity contribution in [2.24, 2.45) is 0 Å². The van der Waals surface area contributed by atoms with Gasteiger partial charge in [-0.25, -0.2) is 0 Å². The summed E-state index contributed by atoms with van der Waals surface area (Å²) in [4.78, 5) is 0. The van der Waals surface area contributed by atoms with E-state index in [1.165, 1.54) is 0 Å². The number of rotatable bonds is 2. The molecule has 1 aromatic carbocycles. The van der Waals surface area contributed by atoms with Crippen molar-refractivity contribution in [3.63, 3.8) is 0 Å². The Hall–Kier alpha value is -1.14. The maximum Gasteiger partial charge on any atom is 0.267 e. The lowest BCUT2D eigenvalue weighted by Gasteiger charge is -2.03. The van der Waals surface area contributed by atoms with Gasteiger partial charge in [0.1, 0.15) is 0 Å². The van der Waals surface area contributed by atoms with E-state index in [-0.39, 0.29) is 0 Å². The largest absolute Gasteiger partial charge is 0.320 e. The maximum atomic E-state index is 5.94. The lowest BCUT2D eigenvalue weighted by Crippen LogP contribution is -1.93. The second kappa shape index (κ2) is 3.93. The number of anilines is 2. The molecule has 0 aliphatic carbocycles. The van der Waals surface area contributed by atoms with Gasteiger partial charge < -0.3 is 5.32 Å². The first kappa shape index (κ1) is 9.42. The van der Waals surface area contributed by atoms with Crippen LogP contribution in [0.2, 0.25) is 5.02 Å². The van der Waals surface area contributed by atoms with Gasteiger partial charge in [-0.3, -0.25) is 0 Å². The molecule has 0 bridgehead atoms. The third-order valence-electron chi connectivity index (χ3n) is 1.52. The van der Waals surface area contributed by atoms with Gasteiger partial charge in [0, 0.05) is 4.47 Å². The minimum absolute atomic E-state index is 0.380. The second-order valence-electron chi connectivity index (χ2n) is 2.48. The summed E-state index contributed by atoms with van der Waals surface area (Å²) in [5.74, 6) is 0.380. The van der Waals surface area contributed by atoms with E-state index in [4.69, 9.17) is 11.6 Å². The fraction of sp³-hybridized carbons (Fsp3) is 0. The summed E-state index contributed by atoms with van der Waals surface area (Å²) in [6.45, 7) is 0. The Kier molecular flexibility index (Phi) is 2.64. The van der Waals surface area contributed by atoms with Crippen molar-refractivity contribution in [1.29, 1.82) is 0 Å². The zero-order valence-corrected chi connectivity index (χ0v) is 9.17. The number of tetrazole rings is 1. The Morgan fingerprint density at radius 1 is 1.43 bits per heavy atom. The van der Waals surface area contributed by atoms with E-state index in [1.54, 1.807) is 6.07 Å². The molecule has 1 heterocycles. The van der Waals surface area contributed by atoms with Gasteiger partial charge in [-0.05, 0) is 23.4 Å². The van der Waals surface area contributed by atoms with E-state index < -0.39 is 0 Å². The highest BCUT2D eigenvalue weighted by atomic mass is 79.9. The third kappa shape index (κ3) is 2.02. The monoisotopic (exact) mass is 273 g/mol. The zero-order chi connectivity index (χ0) is 9.97. The van der Waals surface area contributed by atoms with Gasteiger partial charge in [-0.2, -0.15) is 5.21 Å². The molecule has 0 saturated carbocycles. The van der Waals surface area contributed by atoms with Crippen LogP contribution in [0.1, 0.15) is 0 Å². The lowest BCUT2D eigenvalue weighted by molar-refractivity contribution is 0.881. The number of nitrogens with zero attached hydrogens (tertiary/aromatic N) is 3. The van der Waals surface area contributed by atoms with E-state index in [0.29, 0.717) is 11.0 Å². The van der Waals surface area contributed by atoms with E-state index >= 15 is 0 Å². The Balaban J connectivity index is 2.28. The Bertz CT molecular complexity index is 430. The predicted octanol–water partition coefficient (Wildman–Crippen LogP) is 2.36. The van der Waals surface area contributed by atoms with Crippen LogP contribution >= 0.6 is 27.5 Å². The van der Waals surface area contributed by atoms with Crippen LogP contribution in [0.5, 0.6) is 0 Å². The van der Waals surface area contributed by atoms with E-state index in [9.17, 15) is 0 Å². The number of hydrogen-bond donors (Lipinski definition) is 2. The Morgan fingerprint density at radius 3 is 3.00 bits per heavy atom. The molecule has 0 aliphatic heterocycles. The standard InChI is InChI=1S/C7H5BrClN5/c8-4-1-2-5(9)6(3-4)10-7-11-13-14-12-7/h1-3H,(H2,10,11,12,13,14). The van der Waals surface area contributed by atoms with Crippen molar-refractivity contribution in [1.82, 2.24) is 20.6 Å². The molecule has 72 valence electrons. The second-order valence-corrected chi connectivity index (χ2v) is 3.81. The quantitative estimate of drug-likeness (QED) is 0.882. The summed E-state index contributed by atoms with van der Waals surface area (Å²) in [5, 5.41) is 16.8. The molecular formula is C7H5BrClN5. The van der Waals surface area contributed by atoms with Gasteiger partial charge >= 0.3 is 0 Å². The molecule has 0 amide bonds.